The number of Topliss-reactive ketones (excluding diaryl/α,β-unsaturated/α-hetero) is 1. The van der Waals surface area contributed by atoms with E-state index in [0.29, 0.717) is 25.1 Å². The second kappa shape index (κ2) is 9.28. The van der Waals surface area contributed by atoms with Crippen molar-refractivity contribution >= 4 is 40.0 Å². The zero-order valence-electron chi connectivity index (χ0n) is 18.0. The van der Waals surface area contributed by atoms with Crippen molar-refractivity contribution in [3.05, 3.63) is 92.6 Å². The van der Waals surface area contributed by atoms with Gasteiger partial charge in [0.1, 0.15) is 5.76 Å². The van der Waals surface area contributed by atoms with Gasteiger partial charge in [-0.3, -0.25) is 9.59 Å². The first-order chi connectivity index (χ1) is 15.4. The van der Waals surface area contributed by atoms with Crippen LogP contribution >= 0.6 is 22.6 Å². The maximum Gasteiger partial charge on any atom is 0.295 e. The van der Waals surface area contributed by atoms with Crippen molar-refractivity contribution in [3.8, 4) is 0 Å². The number of aromatic nitrogens is 2. The number of aliphatic hydroxyl groups is 1. The van der Waals surface area contributed by atoms with E-state index in [4.69, 9.17) is 0 Å². The summed E-state index contributed by atoms with van der Waals surface area (Å²) in [5.74, 6) is -1.34. The number of carbonyl (C=O) groups excluding carboxylic acids is 2. The molecule has 1 fully saturated rings. The first-order valence-electron chi connectivity index (χ1n) is 10.4. The summed E-state index contributed by atoms with van der Waals surface area (Å²) in [5, 5.41) is 11.3. The summed E-state index contributed by atoms with van der Waals surface area (Å²) < 4.78 is 2.99. The van der Waals surface area contributed by atoms with E-state index in [-0.39, 0.29) is 11.3 Å². The molecule has 1 aliphatic heterocycles. The van der Waals surface area contributed by atoms with Gasteiger partial charge in [-0.15, -0.1) is 0 Å². The van der Waals surface area contributed by atoms with Crippen molar-refractivity contribution < 1.29 is 14.7 Å². The summed E-state index contributed by atoms with van der Waals surface area (Å²) in [4.78, 5) is 31.8. The maximum atomic E-state index is 13.1. The second-order valence-electron chi connectivity index (χ2n) is 8.02. The SMILES string of the molecule is Cc1ccc(C)c(/C(O)=C2\C(=O)C(=O)N(CCCn3ccnc3)C2c2ccc(I)cc2)c1. The maximum absolute atomic E-state index is 13.1. The van der Waals surface area contributed by atoms with Crippen LogP contribution in [0.1, 0.15) is 34.7 Å². The minimum atomic E-state index is -0.644. The molecule has 1 aliphatic rings. The van der Waals surface area contributed by atoms with Gasteiger partial charge in [0.15, 0.2) is 0 Å². The van der Waals surface area contributed by atoms with E-state index in [1.165, 1.54) is 0 Å². The molecular formula is C25H24IN3O3. The molecule has 1 N–H and O–H groups in total. The van der Waals surface area contributed by atoms with Crippen LogP contribution in [0.5, 0.6) is 0 Å². The van der Waals surface area contributed by atoms with Crippen LogP contribution in [0.4, 0.5) is 0 Å². The van der Waals surface area contributed by atoms with Crippen molar-refractivity contribution in [2.45, 2.75) is 32.9 Å². The molecule has 6 nitrogen and oxygen atoms in total. The predicted octanol–water partition coefficient (Wildman–Crippen LogP) is 4.62. The highest BCUT2D eigenvalue weighted by molar-refractivity contribution is 14.1. The highest BCUT2D eigenvalue weighted by atomic mass is 127. The highest BCUT2D eigenvalue weighted by Gasteiger charge is 2.45. The Balaban J connectivity index is 1.76. The van der Waals surface area contributed by atoms with Crippen molar-refractivity contribution in [1.29, 1.82) is 0 Å². The minimum absolute atomic E-state index is 0.120. The fourth-order valence-corrected chi connectivity index (χ4v) is 4.44. The summed E-state index contributed by atoms with van der Waals surface area (Å²) in [6.45, 7) is 4.89. The molecule has 7 heteroatoms. The van der Waals surface area contributed by atoms with Gasteiger partial charge in [0, 0.05) is 34.6 Å². The fraction of sp³-hybridized carbons (Fsp3) is 0.240. The molecule has 4 rings (SSSR count). The van der Waals surface area contributed by atoms with E-state index < -0.39 is 17.7 Å². The first kappa shape index (κ1) is 22.3. The molecule has 164 valence electrons. The number of aliphatic hydroxyl groups excluding tert-OH is 1. The number of imidazole rings is 1. The van der Waals surface area contributed by atoms with Gasteiger partial charge in [0.2, 0.25) is 0 Å². The third-order valence-electron chi connectivity index (χ3n) is 5.75. The van der Waals surface area contributed by atoms with E-state index in [2.05, 4.69) is 27.6 Å². The standard InChI is InChI=1S/C25H24IN3O3/c1-16-4-5-17(2)20(14-16)23(30)21-22(18-6-8-19(26)9-7-18)29(25(32)24(21)31)12-3-11-28-13-10-27-15-28/h4-10,13-15,22,30H,3,11-12H2,1-2H3/b23-21+. The zero-order valence-corrected chi connectivity index (χ0v) is 20.1. The highest BCUT2D eigenvalue weighted by Crippen LogP contribution is 2.40. The first-order valence-corrected chi connectivity index (χ1v) is 11.5. The molecule has 0 saturated carbocycles. The molecule has 0 aliphatic carbocycles. The largest absolute Gasteiger partial charge is 0.507 e. The van der Waals surface area contributed by atoms with E-state index in [1.54, 1.807) is 17.4 Å². The molecule has 1 amide bonds. The average Bonchev–Trinajstić information content (AvgIpc) is 3.38. The number of likely N-dealkylation sites (tertiary alicyclic amines) is 1. The number of halogens is 1. The zero-order chi connectivity index (χ0) is 22.8. The number of benzene rings is 2. The number of hydrogen-bond donors (Lipinski definition) is 1. The smallest absolute Gasteiger partial charge is 0.295 e. The van der Waals surface area contributed by atoms with Crippen molar-refractivity contribution in [1.82, 2.24) is 14.5 Å². The lowest BCUT2D eigenvalue weighted by atomic mass is 9.93. The van der Waals surface area contributed by atoms with Crippen molar-refractivity contribution in [2.24, 2.45) is 0 Å². The molecule has 0 radical (unpaired) electrons. The van der Waals surface area contributed by atoms with Crippen LogP contribution in [0.25, 0.3) is 5.76 Å². The third-order valence-corrected chi connectivity index (χ3v) is 6.47. The monoisotopic (exact) mass is 541 g/mol. The average molecular weight is 541 g/mol. The van der Waals surface area contributed by atoms with Gasteiger partial charge in [-0.2, -0.15) is 0 Å². The Morgan fingerprint density at radius 3 is 2.53 bits per heavy atom. The van der Waals surface area contributed by atoms with Gasteiger partial charge in [-0.25, -0.2) is 4.98 Å². The second-order valence-corrected chi connectivity index (χ2v) is 9.26. The van der Waals surface area contributed by atoms with E-state index >= 15 is 0 Å². The molecule has 32 heavy (non-hydrogen) atoms. The van der Waals surface area contributed by atoms with Crippen molar-refractivity contribution in [2.75, 3.05) is 6.54 Å². The van der Waals surface area contributed by atoms with Gasteiger partial charge in [-0.05, 0) is 72.2 Å². The van der Waals surface area contributed by atoms with Gasteiger partial charge in [0.25, 0.3) is 11.7 Å². The molecule has 3 aromatic rings. The lowest BCUT2D eigenvalue weighted by Crippen LogP contribution is -2.31. The van der Waals surface area contributed by atoms with Crippen LogP contribution in [-0.4, -0.2) is 37.8 Å². The van der Waals surface area contributed by atoms with Crippen LogP contribution in [-0.2, 0) is 16.1 Å². The van der Waals surface area contributed by atoms with E-state index in [0.717, 1.165) is 20.3 Å². The Labute approximate surface area is 200 Å². The summed E-state index contributed by atoms with van der Waals surface area (Å²) >= 11 is 2.22. The molecule has 1 aromatic heterocycles. The number of nitrogens with zero attached hydrogens (tertiary/aromatic N) is 3. The topological polar surface area (TPSA) is 75.4 Å². The Hall–Kier alpha value is -2.94. The van der Waals surface area contributed by atoms with Crippen LogP contribution in [0.15, 0.2) is 66.8 Å². The molecule has 0 bridgehead atoms. The number of rotatable bonds is 6. The lowest BCUT2D eigenvalue weighted by Gasteiger charge is -2.25. The van der Waals surface area contributed by atoms with Crippen LogP contribution in [0.2, 0.25) is 0 Å². The molecular weight excluding hydrogens is 517 g/mol. The Morgan fingerprint density at radius 1 is 1.09 bits per heavy atom. The summed E-state index contributed by atoms with van der Waals surface area (Å²) in [6, 6.07) is 12.8. The Morgan fingerprint density at radius 2 is 1.84 bits per heavy atom. The lowest BCUT2D eigenvalue weighted by molar-refractivity contribution is -0.139. The third kappa shape index (κ3) is 4.34. The summed E-state index contributed by atoms with van der Waals surface area (Å²) in [5.41, 5.74) is 3.35. The van der Waals surface area contributed by atoms with Gasteiger partial charge in [-0.1, -0.05) is 29.8 Å². The number of ketones is 1. The molecule has 1 saturated heterocycles. The van der Waals surface area contributed by atoms with Gasteiger partial charge in [0.05, 0.1) is 17.9 Å². The number of carbonyl (C=O) groups is 2. The van der Waals surface area contributed by atoms with E-state index in [1.807, 2.05) is 67.1 Å². The van der Waals surface area contributed by atoms with Crippen LogP contribution < -0.4 is 0 Å². The molecule has 0 spiro atoms. The quantitative estimate of drug-likeness (QED) is 0.214. The Kier molecular flexibility index (Phi) is 6.45. The molecule has 1 atom stereocenters. The predicted molar refractivity (Wildman–Crippen MR) is 131 cm³/mol. The van der Waals surface area contributed by atoms with Gasteiger partial charge < -0.3 is 14.6 Å². The minimum Gasteiger partial charge on any atom is -0.507 e. The van der Waals surface area contributed by atoms with Crippen LogP contribution in [0.3, 0.4) is 0 Å². The Bertz CT molecular complexity index is 1180. The normalized spacial score (nSPS) is 17.8. The van der Waals surface area contributed by atoms with E-state index in [9.17, 15) is 14.7 Å². The number of hydrogen-bond acceptors (Lipinski definition) is 4. The van der Waals surface area contributed by atoms with Crippen LogP contribution in [0, 0.1) is 17.4 Å². The molecule has 2 aromatic carbocycles. The summed E-state index contributed by atoms with van der Waals surface area (Å²) in [6.07, 6.45) is 5.96. The van der Waals surface area contributed by atoms with Crippen molar-refractivity contribution in [3.63, 3.8) is 0 Å². The number of aryl methyl sites for hydroxylation is 3. The summed E-state index contributed by atoms with van der Waals surface area (Å²) in [7, 11) is 0. The fourth-order valence-electron chi connectivity index (χ4n) is 4.08. The van der Waals surface area contributed by atoms with Gasteiger partial charge >= 0.3 is 0 Å². The molecule has 1 unspecified atom stereocenters. The molecule has 2 heterocycles. The number of amides is 1.